The van der Waals surface area contributed by atoms with Gasteiger partial charge >= 0.3 is 5.97 Å². The Morgan fingerprint density at radius 1 is 1.11 bits per heavy atom. The normalized spacial score (nSPS) is 13.3. The Balaban J connectivity index is 1.44. The predicted molar refractivity (Wildman–Crippen MR) is 145 cm³/mol. The molecule has 2 aromatic heterocycles. The van der Waals surface area contributed by atoms with Gasteiger partial charge in [0.25, 0.3) is 0 Å². The van der Waals surface area contributed by atoms with Gasteiger partial charge in [-0.2, -0.15) is 10.4 Å². The first-order valence-corrected chi connectivity index (χ1v) is 12.5. The van der Waals surface area contributed by atoms with E-state index in [1.54, 1.807) is 24.4 Å². The van der Waals surface area contributed by atoms with Gasteiger partial charge in [-0.1, -0.05) is 36.4 Å². The number of hydrogen-bond donors (Lipinski definition) is 2. The Morgan fingerprint density at radius 2 is 1.95 bits per heavy atom. The van der Waals surface area contributed by atoms with Crippen LogP contribution in [0.1, 0.15) is 42.1 Å². The molecule has 6 rings (SSSR count). The van der Waals surface area contributed by atoms with E-state index in [0.717, 1.165) is 51.3 Å². The number of aromatic nitrogens is 3. The van der Waals surface area contributed by atoms with Crippen LogP contribution in [0.25, 0.3) is 32.8 Å². The van der Waals surface area contributed by atoms with Crippen molar-refractivity contribution >= 4 is 33.5 Å². The van der Waals surface area contributed by atoms with Gasteiger partial charge in [-0.3, -0.25) is 9.48 Å². The zero-order valence-electron chi connectivity index (χ0n) is 20.6. The summed E-state index contributed by atoms with van der Waals surface area (Å²) in [6, 6.07) is 21.7. The maximum absolute atomic E-state index is 11.4. The van der Waals surface area contributed by atoms with Crippen molar-refractivity contribution in [3.05, 3.63) is 83.7 Å². The number of rotatable bonds is 7. The highest BCUT2D eigenvalue weighted by atomic mass is 16.5. The molecule has 8 nitrogen and oxygen atoms in total. The Kier molecular flexibility index (Phi) is 5.89. The molecule has 38 heavy (non-hydrogen) atoms. The molecular formula is C30H25N5O3. The van der Waals surface area contributed by atoms with Crippen LogP contribution in [-0.2, 0) is 17.8 Å². The zero-order valence-corrected chi connectivity index (χ0v) is 20.6. The quantitative estimate of drug-likeness (QED) is 0.294. The summed E-state index contributed by atoms with van der Waals surface area (Å²) in [5.41, 5.74) is 10.7. The summed E-state index contributed by atoms with van der Waals surface area (Å²) in [5, 5.41) is 26.8. The number of para-hydroxylation sites is 1. The monoisotopic (exact) mass is 503 g/mol. The van der Waals surface area contributed by atoms with Gasteiger partial charge in [-0.25, -0.2) is 4.98 Å². The lowest BCUT2D eigenvalue weighted by Crippen LogP contribution is -2.18. The molecule has 1 aliphatic carbocycles. The van der Waals surface area contributed by atoms with Crippen molar-refractivity contribution in [2.45, 2.75) is 38.3 Å². The predicted octanol–water partition coefficient (Wildman–Crippen LogP) is 5.64. The molecule has 0 saturated heterocycles. The first-order chi connectivity index (χ1) is 18.5. The number of nitriles is 1. The molecule has 188 valence electrons. The van der Waals surface area contributed by atoms with Crippen LogP contribution >= 0.6 is 0 Å². The third-order valence-corrected chi connectivity index (χ3v) is 7.26. The Hall–Kier alpha value is -4.90. The molecule has 0 radical (unpaired) electrons. The molecule has 1 saturated carbocycles. The van der Waals surface area contributed by atoms with E-state index >= 15 is 0 Å². The fourth-order valence-corrected chi connectivity index (χ4v) is 5.16. The van der Waals surface area contributed by atoms with Crippen molar-refractivity contribution in [2.24, 2.45) is 0 Å². The minimum Gasteiger partial charge on any atom is -0.486 e. The summed E-state index contributed by atoms with van der Waals surface area (Å²) in [5.74, 6) is -0.206. The van der Waals surface area contributed by atoms with Crippen molar-refractivity contribution in [1.82, 2.24) is 14.8 Å². The van der Waals surface area contributed by atoms with Crippen LogP contribution in [0.4, 0.5) is 5.82 Å². The van der Waals surface area contributed by atoms with Crippen molar-refractivity contribution in [3.8, 4) is 22.9 Å². The maximum atomic E-state index is 11.4. The minimum absolute atomic E-state index is 0.109. The molecule has 0 atom stereocenters. The lowest BCUT2D eigenvalue weighted by molar-refractivity contribution is -0.136. The molecule has 2 heterocycles. The standard InChI is InChI=1S/C30H25N5O3/c31-16-20-5-1-4-19(15-28(36)37)29(20)38-17-26-25-14-18(10-11-27(25)35(34-26)21-6-2-7-21)22-8-3-9-24-23(22)12-13-33-30(24)32/h1,3-5,8-14,21H,2,6-7,15,17H2,(H2,32,33)(H,36,37). The van der Waals surface area contributed by atoms with E-state index < -0.39 is 5.97 Å². The maximum Gasteiger partial charge on any atom is 0.307 e. The van der Waals surface area contributed by atoms with Gasteiger partial charge < -0.3 is 15.6 Å². The number of nitrogens with zero attached hydrogens (tertiary/aromatic N) is 4. The summed E-state index contributed by atoms with van der Waals surface area (Å²) in [6.07, 6.45) is 4.82. The van der Waals surface area contributed by atoms with E-state index in [4.69, 9.17) is 15.6 Å². The molecule has 0 aliphatic heterocycles. The number of benzene rings is 3. The molecule has 3 N–H and O–H groups in total. The second kappa shape index (κ2) is 9.52. The van der Waals surface area contributed by atoms with Gasteiger partial charge in [0.1, 0.15) is 29.9 Å². The molecular weight excluding hydrogens is 478 g/mol. The second-order valence-corrected chi connectivity index (χ2v) is 9.57. The average molecular weight is 504 g/mol. The molecule has 1 aliphatic rings. The number of pyridine rings is 1. The van der Waals surface area contributed by atoms with E-state index in [-0.39, 0.29) is 18.8 Å². The van der Waals surface area contributed by atoms with E-state index in [0.29, 0.717) is 23.0 Å². The molecule has 8 heteroatoms. The number of carboxylic acid groups (broad SMARTS) is 1. The van der Waals surface area contributed by atoms with Gasteiger partial charge in [-0.05, 0) is 60.0 Å². The van der Waals surface area contributed by atoms with Gasteiger partial charge in [0.15, 0.2) is 0 Å². The van der Waals surface area contributed by atoms with E-state index in [1.807, 2.05) is 18.2 Å². The SMILES string of the molecule is N#Cc1cccc(CC(=O)O)c1OCc1nn(C2CCC2)c2ccc(-c3cccc4c(N)nccc34)cc12. The number of anilines is 1. The highest BCUT2D eigenvalue weighted by Crippen LogP contribution is 2.38. The van der Waals surface area contributed by atoms with Gasteiger partial charge in [0, 0.05) is 22.5 Å². The summed E-state index contributed by atoms with van der Waals surface area (Å²) in [4.78, 5) is 15.6. The first-order valence-electron chi connectivity index (χ1n) is 12.5. The van der Waals surface area contributed by atoms with Gasteiger partial charge in [0.05, 0.1) is 23.5 Å². The van der Waals surface area contributed by atoms with Crippen molar-refractivity contribution < 1.29 is 14.6 Å². The van der Waals surface area contributed by atoms with Crippen molar-refractivity contribution in [3.63, 3.8) is 0 Å². The highest BCUT2D eigenvalue weighted by Gasteiger charge is 2.24. The van der Waals surface area contributed by atoms with Crippen LogP contribution < -0.4 is 10.5 Å². The number of fused-ring (bicyclic) bond motifs is 2. The summed E-state index contributed by atoms with van der Waals surface area (Å²) >= 11 is 0. The molecule has 5 aromatic rings. The number of nitrogen functional groups attached to an aromatic ring is 1. The summed E-state index contributed by atoms with van der Waals surface area (Å²) in [7, 11) is 0. The van der Waals surface area contributed by atoms with Crippen LogP contribution in [-0.4, -0.2) is 25.8 Å². The summed E-state index contributed by atoms with van der Waals surface area (Å²) in [6.45, 7) is 0.109. The van der Waals surface area contributed by atoms with E-state index in [1.165, 1.54) is 6.42 Å². The molecule has 0 unspecified atom stereocenters. The van der Waals surface area contributed by atoms with E-state index in [2.05, 4.69) is 40.0 Å². The van der Waals surface area contributed by atoms with Crippen LogP contribution in [0.15, 0.2) is 66.9 Å². The highest BCUT2D eigenvalue weighted by molar-refractivity contribution is 6.02. The van der Waals surface area contributed by atoms with Gasteiger partial charge in [0.2, 0.25) is 0 Å². The second-order valence-electron chi connectivity index (χ2n) is 9.57. The smallest absolute Gasteiger partial charge is 0.307 e. The van der Waals surface area contributed by atoms with Gasteiger partial charge in [-0.15, -0.1) is 0 Å². The largest absolute Gasteiger partial charge is 0.486 e. The first kappa shape index (κ1) is 23.5. The number of ether oxygens (including phenoxy) is 1. The Labute approximate surface area is 218 Å². The fraction of sp³-hybridized carbons (Fsp3) is 0.200. The number of aliphatic carboxylic acids is 1. The number of hydrogen-bond acceptors (Lipinski definition) is 6. The van der Waals surface area contributed by atoms with Crippen LogP contribution in [0, 0.1) is 11.3 Å². The Morgan fingerprint density at radius 3 is 2.71 bits per heavy atom. The van der Waals surface area contributed by atoms with Crippen LogP contribution in [0.5, 0.6) is 5.75 Å². The van der Waals surface area contributed by atoms with Crippen molar-refractivity contribution in [1.29, 1.82) is 5.26 Å². The lowest BCUT2D eigenvalue weighted by atomic mass is 9.93. The lowest BCUT2D eigenvalue weighted by Gasteiger charge is -2.26. The molecule has 0 bridgehead atoms. The third-order valence-electron chi connectivity index (χ3n) is 7.26. The van der Waals surface area contributed by atoms with E-state index in [9.17, 15) is 15.2 Å². The molecule has 0 amide bonds. The third kappa shape index (κ3) is 4.08. The number of carbonyl (C=O) groups is 1. The van der Waals surface area contributed by atoms with Crippen LogP contribution in [0.2, 0.25) is 0 Å². The number of nitrogens with two attached hydrogens (primary N) is 1. The molecule has 0 spiro atoms. The van der Waals surface area contributed by atoms with Crippen molar-refractivity contribution in [2.75, 3.05) is 5.73 Å². The zero-order chi connectivity index (χ0) is 26.2. The molecule has 3 aromatic carbocycles. The summed E-state index contributed by atoms with van der Waals surface area (Å²) < 4.78 is 8.23. The van der Waals surface area contributed by atoms with Crippen LogP contribution in [0.3, 0.4) is 0 Å². The minimum atomic E-state index is -0.986. The molecule has 1 fully saturated rings. The topological polar surface area (TPSA) is 127 Å². The Bertz CT molecular complexity index is 1750. The number of carboxylic acids is 1. The average Bonchev–Trinajstić information content (AvgIpc) is 3.23. The fourth-order valence-electron chi connectivity index (χ4n) is 5.16.